The van der Waals surface area contributed by atoms with Crippen LogP contribution in [0.4, 0.5) is 0 Å². The van der Waals surface area contributed by atoms with E-state index in [0.29, 0.717) is 0 Å². The average molecular weight is 224 g/mol. The zero-order valence-corrected chi connectivity index (χ0v) is 11.2. The van der Waals surface area contributed by atoms with Crippen LogP contribution >= 0.6 is 0 Å². The van der Waals surface area contributed by atoms with E-state index in [1.807, 2.05) is 0 Å². The number of nitrogens with one attached hydrogen (secondary N) is 1. The number of hydrogen-bond donors (Lipinski definition) is 1. The Morgan fingerprint density at radius 2 is 2.06 bits per heavy atom. The van der Waals surface area contributed by atoms with E-state index in [0.717, 1.165) is 23.9 Å². The van der Waals surface area contributed by atoms with Gasteiger partial charge in [0.15, 0.2) is 0 Å². The van der Waals surface area contributed by atoms with Gasteiger partial charge in [0, 0.05) is 25.2 Å². The predicted molar refractivity (Wildman–Crippen MR) is 69.6 cm³/mol. The Morgan fingerprint density at radius 3 is 2.62 bits per heavy atom. The Kier molecular flexibility index (Phi) is 4.26. The van der Waals surface area contributed by atoms with Crippen molar-refractivity contribution >= 4 is 0 Å². The summed E-state index contributed by atoms with van der Waals surface area (Å²) in [7, 11) is 0. The van der Waals surface area contributed by atoms with Crippen molar-refractivity contribution in [3.8, 4) is 0 Å². The fraction of sp³-hybridized carbons (Fsp3) is 1.00. The van der Waals surface area contributed by atoms with Crippen LogP contribution in [0.25, 0.3) is 0 Å². The van der Waals surface area contributed by atoms with Crippen molar-refractivity contribution in [2.75, 3.05) is 19.6 Å². The Balaban J connectivity index is 1.88. The van der Waals surface area contributed by atoms with Gasteiger partial charge in [-0.1, -0.05) is 27.2 Å². The summed E-state index contributed by atoms with van der Waals surface area (Å²) in [6.07, 6.45) is 5.61. The molecule has 0 aromatic rings. The fourth-order valence-corrected chi connectivity index (χ4v) is 2.94. The Bertz CT molecular complexity index is 211. The van der Waals surface area contributed by atoms with Gasteiger partial charge in [-0.3, -0.25) is 4.90 Å². The second kappa shape index (κ2) is 5.50. The summed E-state index contributed by atoms with van der Waals surface area (Å²) >= 11 is 0. The SMILES string of the molecule is CCCCN1CC(C2CC2)NCC1C(C)C. The maximum absolute atomic E-state index is 3.78. The summed E-state index contributed by atoms with van der Waals surface area (Å²) in [5, 5.41) is 3.78. The molecule has 0 aromatic heterocycles. The monoisotopic (exact) mass is 224 g/mol. The van der Waals surface area contributed by atoms with Gasteiger partial charge in [0.25, 0.3) is 0 Å². The Labute approximate surface area is 101 Å². The minimum Gasteiger partial charge on any atom is -0.311 e. The van der Waals surface area contributed by atoms with Crippen molar-refractivity contribution in [1.29, 1.82) is 0 Å². The molecule has 94 valence electrons. The molecule has 1 heterocycles. The minimum absolute atomic E-state index is 0.765. The molecule has 0 spiro atoms. The number of piperazine rings is 1. The van der Waals surface area contributed by atoms with E-state index in [9.17, 15) is 0 Å². The molecule has 1 saturated carbocycles. The first kappa shape index (κ1) is 12.4. The Morgan fingerprint density at radius 1 is 1.31 bits per heavy atom. The first-order valence-corrected chi connectivity index (χ1v) is 7.19. The molecule has 1 N–H and O–H groups in total. The summed E-state index contributed by atoms with van der Waals surface area (Å²) in [6.45, 7) is 10.8. The number of rotatable bonds is 5. The lowest BCUT2D eigenvalue weighted by molar-refractivity contribution is 0.0909. The van der Waals surface area contributed by atoms with Gasteiger partial charge in [-0.2, -0.15) is 0 Å². The molecule has 0 aromatic carbocycles. The number of nitrogens with zero attached hydrogens (tertiary/aromatic N) is 1. The second-order valence-corrected chi connectivity index (χ2v) is 6.01. The molecule has 2 rings (SSSR count). The molecule has 2 unspecified atom stereocenters. The molecule has 2 nitrogen and oxygen atoms in total. The molecule has 2 atom stereocenters. The third-order valence-electron chi connectivity index (χ3n) is 4.25. The molecule has 16 heavy (non-hydrogen) atoms. The number of unbranched alkanes of at least 4 members (excludes halogenated alkanes) is 1. The van der Waals surface area contributed by atoms with Crippen LogP contribution in [0.15, 0.2) is 0 Å². The highest BCUT2D eigenvalue weighted by Crippen LogP contribution is 2.34. The van der Waals surface area contributed by atoms with Crippen molar-refractivity contribution in [3.05, 3.63) is 0 Å². The summed E-state index contributed by atoms with van der Waals surface area (Å²) in [5.74, 6) is 1.78. The first-order valence-electron chi connectivity index (χ1n) is 7.19. The molecule has 0 bridgehead atoms. The highest BCUT2D eigenvalue weighted by molar-refractivity contribution is 4.95. The van der Waals surface area contributed by atoms with E-state index < -0.39 is 0 Å². The lowest BCUT2D eigenvalue weighted by Gasteiger charge is -2.42. The molecule has 1 saturated heterocycles. The lowest BCUT2D eigenvalue weighted by atomic mass is 9.96. The molecule has 2 aliphatic rings. The van der Waals surface area contributed by atoms with Crippen molar-refractivity contribution < 1.29 is 0 Å². The van der Waals surface area contributed by atoms with E-state index in [-0.39, 0.29) is 0 Å². The maximum atomic E-state index is 3.78. The normalized spacial score (nSPS) is 32.2. The third-order valence-corrected chi connectivity index (χ3v) is 4.25. The van der Waals surface area contributed by atoms with Gasteiger partial charge >= 0.3 is 0 Å². The molecular weight excluding hydrogens is 196 g/mol. The highest BCUT2D eigenvalue weighted by Gasteiger charge is 2.37. The van der Waals surface area contributed by atoms with Crippen LogP contribution in [0.3, 0.4) is 0 Å². The predicted octanol–water partition coefficient (Wildman–Crippen LogP) is 2.49. The number of hydrogen-bond acceptors (Lipinski definition) is 2. The van der Waals surface area contributed by atoms with Crippen molar-refractivity contribution in [2.45, 2.75) is 58.5 Å². The molecule has 0 amide bonds. The van der Waals surface area contributed by atoms with Crippen LogP contribution in [-0.2, 0) is 0 Å². The van der Waals surface area contributed by atoms with Gasteiger partial charge in [-0.05, 0) is 37.6 Å². The van der Waals surface area contributed by atoms with E-state index >= 15 is 0 Å². The van der Waals surface area contributed by atoms with Gasteiger partial charge in [-0.25, -0.2) is 0 Å². The van der Waals surface area contributed by atoms with Crippen LogP contribution < -0.4 is 5.32 Å². The lowest BCUT2D eigenvalue weighted by Crippen LogP contribution is -2.59. The van der Waals surface area contributed by atoms with Crippen LogP contribution in [-0.4, -0.2) is 36.6 Å². The van der Waals surface area contributed by atoms with Gasteiger partial charge in [0.2, 0.25) is 0 Å². The van der Waals surface area contributed by atoms with Gasteiger partial charge < -0.3 is 5.32 Å². The molecule has 0 radical (unpaired) electrons. The topological polar surface area (TPSA) is 15.3 Å². The summed E-state index contributed by atoms with van der Waals surface area (Å²) in [6, 6.07) is 1.56. The molecule has 1 aliphatic carbocycles. The zero-order valence-electron chi connectivity index (χ0n) is 11.2. The maximum Gasteiger partial charge on any atom is 0.0244 e. The van der Waals surface area contributed by atoms with Gasteiger partial charge in [-0.15, -0.1) is 0 Å². The van der Waals surface area contributed by atoms with E-state index in [1.165, 1.54) is 45.3 Å². The van der Waals surface area contributed by atoms with Crippen LogP contribution in [0.1, 0.15) is 46.5 Å². The van der Waals surface area contributed by atoms with Gasteiger partial charge in [0.1, 0.15) is 0 Å². The summed E-state index contributed by atoms with van der Waals surface area (Å²) in [4.78, 5) is 2.76. The smallest absolute Gasteiger partial charge is 0.0244 e. The van der Waals surface area contributed by atoms with Crippen molar-refractivity contribution in [3.63, 3.8) is 0 Å². The largest absolute Gasteiger partial charge is 0.311 e. The van der Waals surface area contributed by atoms with Gasteiger partial charge in [0.05, 0.1) is 0 Å². The minimum atomic E-state index is 0.765. The zero-order chi connectivity index (χ0) is 11.5. The van der Waals surface area contributed by atoms with E-state index in [1.54, 1.807) is 0 Å². The average Bonchev–Trinajstić information content (AvgIpc) is 3.09. The third kappa shape index (κ3) is 2.98. The molecular formula is C14H28N2. The summed E-state index contributed by atoms with van der Waals surface area (Å²) < 4.78 is 0. The Hall–Kier alpha value is -0.0800. The highest BCUT2D eigenvalue weighted by atomic mass is 15.2. The second-order valence-electron chi connectivity index (χ2n) is 6.01. The molecule has 1 aliphatic heterocycles. The van der Waals surface area contributed by atoms with Crippen LogP contribution in [0, 0.1) is 11.8 Å². The van der Waals surface area contributed by atoms with Crippen LogP contribution in [0.5, 0.6) is 0 Å². The first-order chi connectivity index (χ1) is 7.72. The fourth-order valence-electron chi connectivity index (χ4n) is 2.94. The molecule has 2 heteroatoms. The van der Waals surface area contributed by atoms with Crippen molar-refractivity contribution in [1.82, 2.24) is 10.2 Å². The standard InChI is InChI=1S/C14H28N2/c1-4-5-8-16-10-13(12-6-7-12)15-9-14(16)11(2)3/h11-15H,4-10H2,1-3H3. The quantitative estimate of drug-likeness (QED) is 0.772. The van der Waals surface area contributed by atoms with Crippen LogP contribution in [0.2, 0.25) is 0 Å². The van der Waals surface area contributed by atoms with E-state index in [2.05, 4.69) is 31.0 Å². The summed E-state index contributed by atoms with van der Waals surface area (Å²) in [5.41, 5.74) is 0. The molecule has 2 fully saturated rings. The van der Waals surface area contributed by atoms with Crippen molar-refractivity contribution in [2.24, 2.45) is 11.8 Å². The van der Waals surface area contributed by atoms with E-state index in [4.69, 9.17) is 0 Å².